The van der Waals surface area contributed by atoms with Gasteiger partial charge in [0.1, 0.15) is 0 Å². The third-order valence-corrected chi connectivity index (χ3v) is 0.898. The maximum atomic E-state index is 8.66. The monoisotopic (exact) mass is 115 g/mol. The summed E-state index contributed by atoms with van der Waals surface area (Å²) in [7, 11) is 0. The maximum absolute atomic E-state index is 8.66. The summed E-state index contributed by atoms with van der Waals surface area (Å²) in [4.78, 5) is 0. The van der Waals surface area contributed by atoms with Crippen molar-refractivity contribution in [2.75, 3.05) is 6.54 Å². The molecule has 0 fully saturated rings. The van der Waals surface area contributed by atoms with E-state index in [-0.39, 0.29) is 0 Å². The average molecular weight is 115 g/mol. The maximum Gasteiger partial charge on any atom is 0.0855 e. The van der Waals surface area contributed by atoms with Gasteiger partial charge >= 0.3 is 0 Å². The van der Waals surface area contributed by atoms with Gasteiger partial charge < -0.3 is 10.8 Å². The Morgan fingerprint density at radius 3 is 2.50 bits per heavy atom. The van der Waals surface area contributed by atoms with Crippen LogP contribution in [-0.4, -0.2) is 11.7 Å². The molecule has 2 nitrogen and oxygen atoms in total. The van der Waals surface area contributed by atoms with Crippen molar-refractivity contribution in [3.8, 4) is 0 Å². The largest absolute Gasteiger partial charge is 0.513 e. The van der Waals surface area contributed by atoms with Crippen LogP contribution in [0.4, 0.5) is 0 Å². The van der Waals surface area contributed by atoms with E-state index in [9.17, 15) is 0 Å². The summed E-state index contributed by atoms with van der Waals surface area (Å²) < 4.78 is 0. The Morgan fingerprint density at radius 2 is 2.38 bits per heavy atom. The summed E-state index contributed by atoms with van der Waals surface area (Å²) in [6, 6.07) is 0. The topological polar surface area (TPSA) is 46.2 Å². The predicted molar refractivity (Wildman–Crippen MR) is 34.6 cm³/mol. The van der Waals surface area contributed by atoms with Crippen molar-refractivity contribution in [1.29, 1.82) is 0 Å². The fourth-order valence-electron chi connectivity index (χ4n) is 0.480. The van der Waals surface area contributed by atoms with Crippen molar-refractivity contribution in [2.45, 2.75) is 13.8 Å². The Balaban J connectivity index is 3.51. The first-order chi connectivity index (χ1) is 3.66. The first-order valence-corrected chi connectivity index (χ1v) is 2.74. The third kappa shape index (κ3) is 3.68. The summed E-state index contributed by atoms with van der Waals surface area (Å²) in [6.45, 7) is 4.20. The van der Waals surface area contributed by atoms with Crippen molar-refractivity contribution in [3.63, 3.8) is 0 Å². The average Bonchev–Trinajstić information content (AvgIpc) is 1.65. The normalized spacial score (nSPS) is 16.1. The highest BCUT2D eigenvalue weighted by molar-refractivity contribution is 4.89. The fraction of sp³-hybridized carbons (Fsp3) is 0.667. The molecule has 0 spiro atoms. The van der Waals surface area contributed by atoms with E-state index in [0.717, 1.165) is 0 Å². The van der Waals surface area contributed by atoms with E-state index in [4.69, 9.17) is 10.8 Å². The van der Waals surface area contributed by atoms with Crippen LogP contribution in [0.15, 0.2) is 11.8 Å². The van der Waals surface area contributed by atoms with Gasteiger partial charge in [0, 0.05) is 0 Å². The van der Waals surface area contributed by atoms with Crippen LogP contribution in [0.3, 0.4) is 0 Å². The zero-order chi connectivity index (χ0) is 6.57. The van der Waals surface area contributed by atoms with Crippen LogP contribution < -0.4 is 5.73 Å². The van der Waals surface area contributed by atoms with Gasteiger partial charge in [0.2, 0.25) is 0 Å². The van der Waals surface area contributed by atoms with Gasteiger partial charge in [0.15, 0.2) is 0 Å². The number of hydrogen-bond acceptors (Lipinski definition) is 2. The lowest BCUT2D eigenvalue weighted by Gasteiger charge is -1.98. The Bertz CT molecular complexity index is 84.5. The minimum Gasteiger partial charge on any atom is -0.513 e. The lowest BCUT2D eigenvalue weighted by molar-refractivity contribution is 0.406. The third-order valence-electron chi connectivity index (χ3n) is 0.898. The summed E-state index contributed by atoms with van der Waals surface area (Å²) >= 11 is 0. The van der Waals surface area contributed by atoms with Crippen LogP contribution in [0.2, 0.25) is 0 Å². The van der Waals surface area contributed by atoms with E-state index in [1.807, 2.05) is 6.92 Å². The van der Waals surface area contributed by atoms with E-state index >= 15 is 0 Å². The van der Waals surface area contributed by atoms with Gasteiger partial charge in [0.05, 0.1) is 5.76 Å². The van der Waals surface area contributed by atoms with Gasteiger partial charge in [-0.3, -0.25) is 0 Å². The number of nitrogens with two attached hydrogens (primary N) is 1. The highest BCUT2D eigenvalue weighted by Crippen LogP contribution is 1.96. The molecular weight excluding hydrogens is 102 g/mol. The molecule has 0 saturated heterocycles. The highest BCUT2D eigenvalue weighted by Gasteiger charge is 1.91. The van der Waals surface area contributed by atoms with Crippen molar-refractivity contribution in [1.82, 2.24) is 0 Å². The molecule has 0 aromatic heterocycles. The molecule has 0 heterocycles. The molecule has 0 aromatic rings. The Kier molecular flexibility index (Phi) is 3.28. The zero-order valence-corrected chi connectivity index (χ0v) is 5.39. The molecule has 48 valence electrons. The molecule has 1 unspecified atom stereocenters. The fourth-order valence-corrected chi connectivity index (χ4v) is 0.480. The lowest BCUT2D eigenvalue weighted by Crippen LogP contribution is -2.08. The molecule has 0 saturated carbocycles. The second-order valence-electron chi connectivity index (χ2n) is 2.02. The zero-order valence-electron chi connectivity index (χ0n) is 5.39. The van der Waals surface area contributed by atoms with Crippen LogP contribution in [-0.2, 0) is 0 Å². The number of hydrogen-bond donors (Lipinski definition) is 2. The summed E-state index contributed by atoms with van der Waals surface area (Å²) in [6.07, 6.45) is 1.74. The van der Waals surface area contributed by atoms with Crippen molar-refractivity contribution < 1.29 is 5.11 Å². The lowest BCUT2D eigenvalue weighted by atomic mass is 10.2. The molecule has 0 rings (SSSR count). The van der Waals surface area contributed by atoms with Crippen molar-refractivity contribution >= 4 is 0 Å². The van der Waals surface area contributed by atoms with Gasteiger partial charge in [-0.15, -0.1) is 0 Å². The Labute approximate surface area is 50.0 Å². The van der Waals surface area contributed by atoms with Crippen molar-refractivity contribution in [2.24, 2.45) is 11.7 Å². The molecule has 0 aliphatic rings. The van der Waals surface area contributed by atoms with Gasteiger partial charge in [0.25, 0.3) is 0 Å². The highest BCUT2D eigenvalue weighted by atomic mass is 16.3. The van der Waals surface area contributed by atoms with E-state index in [1.165, 1.54) is 0 Å². The molecule has 8 heavy (non-hydrogen) atoms. The summed E-state index contributed by atoms with van der Waals surface area (Å²) in [5.41, 5.74) is 5.26. The minimum absolute atomic E-state index is 0.292. The molecule has 0 aliphatic carbocycles. The molecule has 1 atom stereocenters. The van der Waals surface area contributed by atoms with Gasteiger partial charge in [-0.2, -0.15) is 0 Å². The first kappa shape index (κ1) is 7.50. The smallest absolute Gasteiger partial charge is 0.0855 e. The Morgan fingerprint density at radius 1 is 1.88 bits per heavy atom. The number of aliphatic hydroxyl groups is 1. The molecule has 0 bridgehead atoms. The standard InChI is InChI=1S/C6H13NO/c1-5(4-7)3-6(2)8/h3,5,8H,4,7H2,1-2H3/b6-3+. The quantitative estimate of drug-likeness (QED) is 0.528. The van der Waals surface area contributed by atoms with Crippen molar-refractivity contribution in [3.05, 3.63) is 11.8 Å². The van der Waals surface area contributed by atoms with Gasteiger partial charge in [-0.05, 0) is 25.5 Å². The van der Waals surface area contributed by atoms with E-state index < -0.39 is 0 Å². The van der Waals surface area contributed by atoms with Gasteiger partial charge in [-0.25, -0.2) is 0 Å². The molecule has 0 aliphatic heterocycles. The second-order valence-corrected chi connectivity index (χ2v) is 2.02. The van der Waals surface area contributed by atoms with Gasteiger partial charge in [-0.1, -0.05) is 6.92 Å². The van der Waals surface area contributed by atoms with Crippen LogP contribution in [0.25, 0.3) is 0 Å². The first-order valence-electron chi connectivity index (χ1n) is 2.74. The SMILES string of the molecule is C/C(O)=C\C(C)CN. The van der Waals surface area contributed by atoms with Crippen LogP contribution in [0.5, 0.6) is 0 Å². The second kappa shape index (κ2) is 3.50. The van der Waals surface area contributed by atoms with E-state index in [1.54, 1.807) is 13.0 Å². The van der Waals surface area contributed by atoms with Crippen LogP contribution in [0, 0.1) is 5.92 Å². The molecular formula is C6H13NO. The number of aliphatic hydroxyl groups excluding tert-OH is 1. The summed E-state index contributed by atoms with van der Waals surface area (Å²) in [5.74, 6) is 0.642. The predicted octanol–water partition coefficient (Wildman–Crippen LogP) is 1.04. The van der Waals surface area contributed by atoms with E-state index in [0.29, 0.717) is 18.2 Å². The molecule has 0 radical (unpaired) electrons. The van der Waals surface area contributed by atoms with E-state index in [2.05, 4.69) is 0 Å². The molecule has 3 N–H and O–H groups in total. The summed E-state index contributed by atoms with van der Waals surface area (Å²) in [5, 5.41) is 8.66. The minimum atomic E-state index is 0.292. The molecule has 2 heteroatoms. The number of rotatable bonds is 2. The molecule has 0 amide bonds. The Hall–Kier alpha value is -0.500. The number of allylic oxidation sites excluding steroid dienone is 1. The molecule has 0 aromatic carbocycles. The van der Waals surface area contributed by atoms with Crippen LogP contribution >= 0.6 is 0 Å². The van der Waals surface area contributed by atoms with Crippen LogP contribution in [0.1, 0.15) is 13.8 Å².